The van der Waals surface area contributed by atoms with Crippen molar-refractivity contribution in [2.24, 2.45) is 0 Å². The number of hydrogen-bond acceptors (Lipinski definition) is 7. The molecule has 0 bridgehead atoms. The Morgan fingerprint density at radius 1 is 1.06 bits per heavy atom. The summed E-state index contributed by atoms with van der Waals surface area (Å²) in [4.78, 5) is 4.10. The van der Waals surface area contributed by atoms with Gasteiger partial charge in [0.05, 0.1) is 24.8 Å². The van der Waals surface area contributed by atoms with Gasteiger partial charge in [-0.1, -0.05) is 18.2 Å². The highest BCUT2D eigenvalue weighted by atomic mass is 35.5. The average molecular weight is 508 g/mol. The zero-order valence-electron chi connectivity index (χ0n) is 18.8. The standard InChI is InChI=1S/C24H21ClF3N3O4/c1-14-29-13-21(33-14)18-10-9-15(12-20(18)32-2)22-30-31-23(34-22)17(7-5-11-25)16-6-3-4-8-19(16)35-24(26,27)28/h3-4,6,8-10,12-13,17H,5,7,11H2,1-2H3. The van der Waals surface area contributed by atoms with Crippen LogP contribution in [0.25, 0.3) is 22.8 Å². The average Bonchev–Trinajstić information content (AvgIpc) is 3.48. The molecule has 0 aliphatic heterocycles. The van der Waals surface area contributed by atoms with Crippen LogP contribution in [0.1, 0.15) is 36.1 Å². The number of ether oxygens (including phenoxy) is 2. The molecule has 11 heteroatoms. The topological polar surface area (TPSA) is 83.4 Å². The smallest absolute Gasteiger partial charge is 0.496 e. The van der Waals surface area contributed by atoms with Crippen molar-refractivity contribution >= 4 is 11.6 Å². The van der Waals surface area contributed by atoms with Crippen molar-refractivity contribution in [3.8, 4) is 34.3 Å². The Labute approximate surface area is 203 Å². The fourth-order valence-electron chi connectivity index (χ4n) is 3.69. The van der Waals surface area contributed by atoms with E-state index in [9.17, 15) is 13.2 Å². The predicted molar refractivity (Wildman–Crippen MR) is 121 cm³/mol. The summed E-state index contributed by atoms with van der Waals surface area (Å²) in [6.07, 6.45) is -2.34. The summed E-state index contributed by atoms with van der Waals surface area (Å²) in [6, 6.07) is 11.1. The number of aryl methyl sites for hydroxylation is 1. The Morgan fingerprint density at radius 2 is 1.86 bits per heavy atom. The van der Waals surface area contributed by atoms with Crippen molar-refractivity contribution in [3.63, 3.8) is 0 Å². The molecule has 0 fully saturated rings. The first-order valence-corrected chi connectivity index (χ1v) is 11.2. The van der Waals surface area contributed by atoms with Crippen LogP contribution >= 0.6 is 11.6 Å². The number of oxazole rings is 1. The summed E-state index contributed by atoms with van der Waals surface area (Å²) >= 11 is 5.86. The van der Waals surface area contributed by atoms with Crippen LogP contribution in [-0.2, 0) is 0 Å². The molecule has 1 unspecified atom stereocenters. The Hall–Kier alpha value is -3.53. The maximum atomic E-state index is 13.0. The van der Waals surface area contributed by atoms with Gasteiger partial charge in [-0.3, -0.25) is 0 Å². The number of benzene rings is 2. The first kappa shape index (κ1) is 24.6. The van der Waals surface area contributed by atoms with E-state index in [0.29, 0.717) is 47.2 Å². The van der Waals surface area contributed by atoms with Gasteiger partial charge < -0.3 is 18.3 Å². The van der Waals surface area contributed by atoms with Gasteiger partial charge in [-0.15, -0.1) is 35.0 Å². The van der Waals surface area contributed by atoms with Gasteiger partial charge in [-0.05, 0) is 37.1 Å². The molecule has 0 radical (unpaired) electrons. The third-order valence-electron chi connectivity index (χ3n) is 5.22. The molecular formula is C24H21ClF3N3O4. The minimum atomic E-state index is -4.84. The van der Waals surface area contributed by atoms with Gasteiger partial charge in [-0.2, -0.15) is 0 Å². The molecule has 0 spiro atoms. The lowest BCUT2D eigenvalue weighted by Gasteiger charge is -2.18. The summed E-state index contributed by atoms with van der Waals surface area (Å²) in [5.41, 5.74) is 1.53. The van der Waals surface area contributed by atoms with E-state index in [4.69, 9.17) is 25.2 Å². The number of para-hydroxylation sites is 1. The van der Waals surface area contributed by atoms with Gasteiger partial charge in [0.15, 0.2) is 11.7 Å². The Balaban J connectivity index is 1.69. The molecule has 0 aliphatic carbocycles. The minimum absolute atomic E-state index is 0.150. The third kappa shape index (κ3) is 5.76. The number of alkyl halides is 4. The van der Waals surface area contributed by atoms with Gasteiger partial charge in [0.2, 0.25) is 11.8 Å². The highest BCUT2D eigenvalue weighted by Gasteiger charge is 2.34. The molecule has 0 saturated carbocycles. The number of methoxy groups -OCH3 is 1. The monoisotopic (exact) mass is 507 g/mol. The van der Waals surface area contributed by atoms with Crippen LogP contribution in [0.15, 0.2) is 57.5 Å². The minimum Gasteiger partial charge on any atom is -0.496 e. The SMILES string of the molecule is COc1cc(-c2nnc(C(CCCCl)c3ccccc3OC(F)(F)F)o2)ccc1-c1cnc(C)o1. The molecular weight excluding hydrogens is 487 g/mol. The second kappa shape index (κ2) is 10.4. The zero-order chi connectivity index (χ0) is 25.0. The summed E-state index contributed by atoms with van der Waals surface area (Å²) in [6.45, 7) is 1.74. The lowest BCUT2D eigenvalue weighted by atomic mass is 9.93. The predicted octanol–water partition coefficient (Wildman–Crippen LogP) is 6.76. The van der Waals surface area contributed by atoms with Crippen LogP contribution in [0.5, 0.6) is 11.5 Å². The zero-order valence-corrected chi connectivity index (χ0v) is 19.6. The first-order chi connectivity index (χ1) is 16.8. The fraction of sp³-hybridized carbons (Fsp3) is 0.292. The normalized spacial score (nSPS) is 12.5. The lowest BCUT2D eigenvalue weighted by Crippen LogP contribution is -2.19. The van der Waals surface area contributed by atoms with Gasteiger partial charge in [0.1, 0.15) is 11.5 Å². The lowest BCUT2D eigenvalue weighted by molar-refractivity contribution is -0.275. The molecule has 0 aliphatic rings. The highest BCUT2D eigenvalue weighted by Crippen LogP contribution is 2.39. The molecule has 0 amide bonds. The second-order valence-electron chi connectivity index (χ2n) is 7.57. The molecule has 4 rings (SSSR count). The molecule has 1 atom stereocenters. The largest absolute Gasteiger partial charge is 0.573 e. The number of aromatic nitrogens is 3. The molecule has 7 nitrogen and oxygen atoms in total. The highest BCUT2D eigenvalue weighted by molar-refractivity contribution is 6.17. The van der Waals surface area contributed by atoms with Gasteiger partial charge >= 0.3 is 6.36 Å². The van der Waals surface area contributed by atoms with Crippen molar-refractivity contribution in [2.75, 3.05) is 13.0 Å². The quantitative estimate of drug-likeness (QED) is 0.231. The van der Waals surface area contributed by atoms with Gasteiger partial charge in [0.25, 0.3) is 0 Å². The van der Waals surface area contributed by atoms with Crippen LogP contribution in [0.3, 0.4) is 0 Å². The number of halogens is 4. The van der Waals surface area contributed by atoms with Gasteiger partial charge in [-0.25, -0.2) is 4.98 Å². The molecule has 0 N–H and O–H groups in total. The van der Waals surface area contributed by atoms with Crippen molar-refractivity contribution in [3.05, 3.63) is 66.0 Å². The van der Waals surface area contributed by atoms with E-state index in [1.165, 1.54) is 19.2 Å². The van der Waals surface area contributed by atoms with E-state index in [2.05, 4.69) is 19.9 Å². The number of rotatable bonds is 9. The summed E-state index contributed by atoms with van der Waals surface area (Å²) in [7, 11) is 1.52. The van der Waals surface area contributed by atoms with E-state index >= 15 is 0 Å². The van der Waals surface area contributed by atoms with Crippen molar-refractivity contribution < 1.29 is 31.5 Å². The maximum absolute atomic E-state index is 13.0. The maximum Gasteiger partial charge on any atom is 0.573 e. The fourth-order valence-corrected chi connectivity index (χ4v) is 3.84. The second-order valence-corrected chi connectivity index (χ2v) is 7.95. The van der Waals surface area contributed by atoms with E-state index in [1.807, 2.05) is 0 Å². The molecule has 35 heavy (non-hydrogen) atoms. The van der Waals surface area contributed by atoms with E-state index < -0.39 is 12.3 Å². The van der Waals surface area contributed by atoms with Crippen molar-refractivity contribution in [2.45, 2.75) is 32.0 Å². The molecule has 4 aromatic rings. The number of hydrogen-bond donors (Lipinski definition) is 0. The molecule has 2 heterocycles. The first-order valence-electron chi connectivity index (χ1n) is 10.6. The van der Waals surface area contributed by atoms with Crippen molar-refractivity contribution in [1.29, 1.82) is 0 Å². The number of nitrogens with zero attached hydrogens (tertiary/aromatic N) is 3. The van der Waals surface area contributed by atoms with Crippen LogP contribution in [0.4, 0.5) is 13.2 Å². The van der Waals surface area contributed by atoms with E-state index in [1.54, 1.807) is 43.5 Å². The molecule has 2 aromatic carbocycles. The van der Waals surface area contributed by atoms with E-state index in [0.717, 1.165) is 0 Å². The van der Waals surface area contributed by atoms with E-state index in [-0.39, 0.29) is 23.1 Å². The molecule has 184 valence electrons. The van der Waals surface area contributed by atoms with Crippen molar-refractivity contribution in [1.82, 2.24) is 15.2 Å². The summed E-state index contributed by atoms with van der Waals surface area (Å²) in [5, 5.41) is 8.26. The Kier molecular flexibility index (Phi) is 7.30. The van der Waals surface area contributed by atoms with Crippen LogP contribution in [-0.4, -0.2) is 34.5 Å². The Bertz CT molecular complexity index is 1290. The summed E-state index contributed by atoms with van der Waals surface area (Å²) in [5.74, 6) is 1.24. The van der Waals surface area contributed by atoms with Crippen LogP contribution in [0, 0.1) is 6.92 Å². The summed E-state index contributed by atoms with van der Waals surface area (Å²) < 4.78 is 60.2. The van der Waals surface area contributed by atoms with Gasteiger partial charge in [0, 0.05) is 23.9 Å². The third-order valence-corrected chi connectivity index (χ3v) is 5.49. The Morgan fingerprint density at radius 3 is 2.54 bits per heavy atom. The van der Waals surface area contributed by atoms with Crippen LogP contribution < -0.4 is 9.47 Å². The molecule has 2 aromatic heterocycles. The molecule has 0 saturated heterocycles. The van der Waals surface area contributed by atoms with Crippen LogP contribution in [0.2, 0.25) is 0 Å².